The van der Waals surface area contributed by atoms with Crippen LogP contribution in [0.4, 0.5) is 5.69 Å². The van der Waals surface area contributed by atoms with Gasteiger partial charge in [0.2, 0.25) is 0 Å². The number of amides is 1. The smallest absolute Gasteiger partial charge is 0.291 e. The number of anilines is 1. The summed E-state index contributed by atoms with van der Waals surface area (Å²) in [6.07, 6.45) is 0. The number of carbonyl (C=O) groups is 1. The van der Waals surface area contributed by atoms with Crippen LogP contribution in [0, 0.1) is 13.8 Å². The number of benzene rings is 2. The van der Waals surface area contributed by atoms with Crippen LogP contribution in [0.25, 0.3) is 0 Å². The predicted molar refractivity (Wildman–Crippen MR) is 134 cm³/mol. The van der Waals surface area contributed by atoms with Crippen LogP contribution in [0.5, 0.6) is 5.75 Å². The molecule has 2 heterocycles. The summed E-state index contributed by atoms with van der Waals surface area (Å²) >= 11 is 6.09. The first-order chi connectivity index (χ1) is 16.3. The van der Waals surface area contributed by atoms with Gasteiger partial charge in [-0.05, 0) is 67.3 Å². The number of nitrogens with zero attached hydrogens (tertiary/aromatic N) is 2. The van der Waals surface area contributed by atoms with Crippen LogP contribution in [0.3, 0.4) is 0 Å². The number of nitrogens with one attached hydrogen (secondary N) is 1. The minimum Gasteiger partial charge on any atom is -0.486 e. The Morgan fingerprint density at radius 1 is 1.12 bits per heavy atom. The second-order valence-electron chi connectivity index (χ2n) is 8.57. The number of rotatable bonds is 8. The second kappa shape index (κ2) is 10.2. The Bertz CT molecular complexity index is 1290. The molecular formula is C27H28ClN3O3. The lowest BCUT2D eigenvalue weighted by Gasteiger charge is -2.08. The molecule has 0 spiro atoms. The molecule has 6 nitrogen and oxygen atoms in total. The molecule has 7 heteroatoms. The molecule has 176 valence electrons. The number of aryl methyl sites for hydroxylation is 1. The van der Waals surface area contributed by atoms with Crippen LogP contribution < -0.4 is 10.1 Å². The Morgan fingerprint density at radius 3 is 2.59 bits per heavy atom. The van der Waals surface area contributed by atoms with Crippen molar-refractivity contribution >= 4 is 23.2 Å². The molecule has 0 saturated heterocycles. The number of hydrogen-bond donors (Lipinski definition) is 1. The molecule has 2 aromatic heterocycles. The molecule has 0 bridgehead atoms. The molecule has 0 saturated carbocycles. The summed E-state index contributed by atoms with van der Waals surface area (Å²) in [5.74, 6) is 1.68. The Hall–Kier alpha value is -3.51. The van der Waals surface area contributed by atoms with E-state index in [0.717, 1.165) is 22.7 Å². The van der Waals surface area contributed by atoms with Crippen LogP contribution in [-0.4, -0.2) is 15.7 Å². The summed E-state index contributed by atoms with van der Waals surface area (Å²) in [6.45, 7) is 8.89. The number of carbonyl (C=O) groups excluding carboxylic acids is 1. The largest absolute Gasteiger partial charge is 0.486 e. The van der Waals surface area contributed by atoms with E-state index in [1.54, 1.807) is 12.1 Å². The summed E-state index contributed by atoms with van der Waals surface area (Å²) in [5.41, 5.74) is 4.54. The van der Waals surface area contributed by atoms with Crippen LogP contribution >= 0.6 is 11.6 Å². The maximum atomic E-state index is 12.8. The zero-order chi connectivity index (χ0) is 24.2. The molecule has 0 unspecified atom stereocenters. The highest BCUT2D eigenvalue weighted by Crippen LogP contribution is 2.23. The molecule has 34 heavy (non-hydrogen) atoms. The van der Waals surface area contributed by atoms with Gasteiger partial charge in [-0.15, -0.1) is 0 Å². The lowest BCUT2D eigenvalue weighted by atomic mass is 10.0. The van der Waals surface area contributed by atoms with Gasteiger partial charge in [-0.1, -0.05) is 49.7 Å². The fourth-order valence-electron chi connectivity index (χ4n) is 3.70. The van der Waals surface area contributed by atoms with E-state index in [-0.39, 0.29) is 18.3 Å². The van der Waals surface area contributed by atoms with Gasteiger partial charge in [0, 0.05) is 5.02 Å². The van der Waals surface area contributed by atoms with Crippen LogP contribution in [0.2, 0.25) is 5.02 Å². The first kappa shape index (κ1) is 23.6. The molecule has 0 aliphatic rings. The Balaban J connectivity index is 1.39. The summed E-state index contributed by atoms with van der Waals surface area (Å²) in [7, 11) is 0. The second-order valence-corrected chi connectivity index (χ2v) is 9.00. The van der Waals surface area contributed by atoms with Crippen molar-refractivity contribution in [3.05, 3.63) is 99.7 Å². The molecule has 0 aliphatic heterocycles. The maximum Gasteiger partial charge on any atom is 0.291 e. The quantitative estimate of drug-likeness (QED) is 0.304. The monoisotopic (exact) mass is 477 g/mol. The summed E-state index contributed by atoms with van der Waals surface area (Å²) in [6, 6.07) is 19.0. The van der Waals surface area contributed by atoms with E-state index < -0.39 is 0 Å². The highest BCUT2D eigenvalue weighted by molar-refractivity contribution is 6.30. The van der Waals surface area contributed by atoms with Gasteiger partial charge >= 0.3 is 0 Å². The SMILES string of the molecule is Cc1nn(Cc2cccc(Cl)c2)c(C)c1NC(=O)c1ccc(COc2ccc(C(C)C)cc2)o1. The van der Waals surface area contributed by atoms with Gasteiger partial charge in [0.15, 0.2) is 5.76 Å². The van der Waals surface area contributed by atoms with Gasteiger partial charge < -0.3 is 14.5 Å². The van der Waals surface area contributed by atoms with E-state index in [9.17, 15) is 4.79 Å². The van der Waals surface area contributed by atoms with Crippen LogP contribution in [0.1, 0.15) is 58.6 Å². The Kier molecular flexibility index (Phi) is 7.08. The lowest BCUT2D eigenvalue weighted by Crippen LogP contribution is -2.12. The van der Waals surface area contributed by atoms with E-state index in [0.29, 0.717) is 28.9 Å². The molecule has 0 aliphatic carbocycles. The van der Waals surface area contributed by atoms with E-state index in [1.165, 1.54) is 5.56 Å². The standard InChI is InChI=1S/C27H28ClN3O3/c1-17(2)21-8-10-23(11-9-21)33-16-24-12-13-25(34-24)27(32)29-26-18(3)30-31(19(26)4)15-20-6-5-7-22(28)14-20/h5-14,17H,15-16H2,1-4H3,(H,29,32). The average Bonchev–Trinajstić information content (AvgIpc) is 3.38. The molecule has 1 amide bonds. The number of ether oxygens (including phenoxy) is 1. The van der Waals surface area contributed by atoms with Crippen LogP contribution in [0.15, 0.2) is 65.1 Å². The molecule has 0 fully saturated rings. The summed E-state index contributed by atoms with van der Waals surface area (Å²) < 4.78 is 13.4. The molecule has 0 atom stereocenters. The fourth-order valence-corrected chi connectivity index (χ4v) is 3.91. The van der Waals surface area contributed by atoms with Crippen molar-refractivity contribution in [3.63, 3.8) is 0 Å². The fraction of sp³-hybridized carbons (Fsp3) is 0.259. The molecule has 0 radical (unpaired) electrons. The van der Waals surface area contributed by atoms with Crippen LogP contribution in [-0.2, 0) is 13.2 Å². The molecule has 1 N–H and O–H groups in total. The minimum absolute atomic E-state index is 0.218. The number of hydrogen-bond acceptors (Lipinski definition) is 4. The van der Waals surface area contributed by atoms with Crippen molar-refractivity contribution in [3.8, 4) is 5.75 Å². The zero-order valence-corrected chi connectivity index (χ0v) is 20.5. The molecule has 2 aromatic carbocycles. The van der Waals surface area contributed by atoms with E-state index >= 15 is 0 Å². The van der Waals surface area contributed by atoms with Gasteiger partial charge in [-0.3, -0.25) is 9.48 Å². The summed E-state index contributed by atoms with van der Waals surface area (Å²) in [4.78, 5) is 12.8. The van der Waals surface area contributed by atoms with Crippen molar-refractivity contribution in [1.29, 1.82) is 0 Å². The average molecular weight is 478 g/mol. The maximum absolute atomic E-state index is 12.8. The third kappa shape index (κ3) is 5.51. The minimum atomic E-state index is -0.332. The predicted octanol–water partition coefficient (Wildman–Crippen LogP) is 6.75. The van der Waals surface area contributed by atoms with Gasteiger partial charge in [0.25, 0.3) is 5.91 Å². The topological polar surface area (TPSA) is 69.3 Å². The third-order valence-corrected chi connectivity index (χ3v) is 5.89. The van der Waals surface area contributed by atoms with Crippen molar-refractivity contribution in [2.24, 2.45) is 0 Å². The van der Waals surface area contributed by atoms with E-state index in [2.05, 4.69) is 36.4 Å². The first-order valence-corrected chi connectivity index (χ1v) is 11.6. The zero-order valence-electron chi connectivity index (χ0n) is 19.8. The van der Waals surface area contributed by atoms with Crippen molar-refractivity contribution in [1.82, 2.24) is 9.78 Å². The molecular weight excluding hydrogens is 450 g/mol. The summed E-state index contributed by atoms with van der Waals surface area (Å²) in [5, 5.41) is 8.19. The van der Waals surface area contributed by atoms with Crippen molar-refractivity contribution < 1.29 is 13.9 Å². The van der Waals surface area contributed by atoms with E-state index in [4.69, 9.17) is 20.8 Å². The van der Waals surface area contributed by atoms with Crippen molar-refractivity contribution in [2.45, 2.75) is 46.8 Å². The molecule has 4 rings (SSSR count). The lowest BCUT2D eigenvalue weighted by molar-refractivity contribution is 0.0992. The Morgan fingerprint density at radius 2 is 1.88 bits per heavy atom. The van der Waals surface area contributed by atoms with Gasteiger partial charge in [0.05, 0.1) is 23.6 Å². The van der Waals surface area contributed by atoms with Gasteiger partial charge in [-0.2, -0.15) is 5.10 Å². The normalized spacial score (nSPS) is 11.1. The van der Waals surface area contributed by atoms with Gasteiger partial charge in [-0.25, -0.2) is 0 Å². The van der Waals surface area contributed by atoms with Crippen molar-refractivity contribution in [2.75, 3.05) is 5.32 Å². The number of halogens is 1. The third-order valence-electron chi connectivity index (χ3n) is 5.65. The Labute approximate surface area is 204 Å². The first-order valence-electron chi connectivity index (χ1n) is 11.2. The highest BCUT2D eigenvalue weighted by atomic mass is 35.5. The molecule has 4 aromatic rings. The highest BCUT2D eigenvalue weighted by Gasteiger charge is 2.18. The van der Waals surface area contributed by atoms with Gasteiger partial charge in [0.1, 0.15) is 18.1 Å². The number of furan rings is 1. The van der Waals surface area contributed by atoms with E-state index in [1.807, 2.05) is 54.9 Å². The number of aromatic nitrogens is 2.